The molecule has 10 heavy (non-hydrogen) atoms. The number of nitrogens with two attached hydrogens (primary N) is 1. The van der Waals surface area contributed by atoms with E-state index < -0.39 is 0 Å². The normalized spacial score (nSPS) is 7.00. The van der Waals surface area contributed by atoms with E-state index in [0.29, 0.717) is 20.4 Å². The van der Waals surface area contributed by atoms with Gasteiger partial charge in [-0.05, 0) is 12.1 Å². The molecule has 52 valence electrons. The molecule has 0 fully saturated rings. The maximum atomic E-state index is 5.36. The summed E-state index contributed by atoms with van der Waals surface area (Å²) in [6.07, 6.45) is 0. The van der Waals surface area contributed by atoms with Crippen LogP contribution in [0.25, 0.3) is 0 Å². The molecule has 1 nitrogen and oxygen atoms in total. The molecule has 0 atom stereocenters. The van der Waals surface area contributed by atoms with Gasteiger partial charge in [0.25, 0.3) is 0 Å². The van der Waals surface area contributed by atoms with E-state index in [4.69, 9.17) is 5.73 Å². The molecular weight excluding hydrogens is 134 g/mol. The van der Waals surface area contributed by atoms with Crippen molar-refractivity contribution in [1.29, 1.82) is 0 Å². The number of benzene rings is 1. The molecule has 0 bridgehead atoms. The average Bonchev–Trinajstić information content (AvgIpc) is 1.91. The van der Waals surface area contributed by atoms with Crippen molar-refractivity contribution in [3.05, 3.63) is 30.3 Å². The quantitative estimate of drug-likeness (QED) is 0.441. The molecule has 0 saturated carbocycles. The highest BCUT2D eigenvalue weighted by molar-refractivity contribution is 6.31. The van der Waals surface area contributed by atoms with Gasteiger partial charge in [0.15, 0.2) is 0 Å². The van der Waals surface area contributed by atoms with Crippen LogP contribution in [0.5, 0.6) is 0 Å². The minimum Gasteiger partial charge on any atom is -0.399 e. The predicted octanol–water partition coefficient (Wildman–Crippen LogP) is 2.06. The molecule has 0 aliphatic rings. The van der Waals surface area contributed by atoms with Crippen LogP contribution in [-0.2, 0) is 0 Å². The zero-order valence-electron chi connectivity index (χ0n) is 6.67. The minimum atomic E-state index is 0.417. The van der Waals surface area contributed by atoms with Gasteiger partial charge in [0.05, 0.1) is 0 Å². The lowest BCUT2D eigenvalue weighted by Crippen LogP contribution is -1.79. The summed E-state index contributed by atoms with van der Waals surface area (Å²) in [5.74, 6) is 0. The molecule has 2 N–H and O–H groups in total. The van der Waals surface area contributed by atoms with Gasteiger partial charge in [-0.3, -0.25) is 0 Å². The third-order valence-corrected chi connectivity index (χ3v) is 0.800. The van der Waals surface area contributed by atoms with Crippen LogP contribution in [-0.4, -0.2) is 20.4 Å². The average molecular weight is 148 g/mol. The summed E-state index contributed by atoms with van der Waals surface area (Å²) < 4.78 is 0. The Morgan fingerprint density at radius 1 is 1.10 bits per heavy atom. The zero-order chi connectivity index (χ0) is 7.82. The van der Waals surface area contributed by atoms with Crippen molar-refractivity contribution >= 4 is 26.1 Å². The van der Waals surface area contributed by atoms with Crippen LogP contribution < -0.4 is 5.73 Å². The Bertz CT molecular complexity index is 151. The Balaban J connectivity index is 0.000000236. The first kappa shape index (κ1) is 9.79. The molecule has 2 heteroatoms. The Morgan fingerprint density at radius 2 is 1.50 bits per heavy atom. The number of hydrogen-bond donors (Lipinski definition) is 1. The zero-order valence-corrected chi connectivity index (χ0v) is 8.09. The van der Waals surface area contributed by atoms with Crippen molar-refractivity contribution in [3.63, 3.8) is 0 Å². The molecule has 0 unspecified atom stereocenters. The van der Waals surface area contributed by atoms with E-state index in [9.17, 15) is 0 Å². The Morgan fingerprint density at radius 3 is 1.70 bits per heavy atom. The third kappa shape index (κ3) is 5.91. The van der Waals surface area contributed by atoms with Crippen LogP contribution in [0.2, 0.25) is 10.1 Å². The molecular formula is C8H13MgN. The molecule has 1 rings (SSSR count). The standard InChI is InChI=1S/C6H7N.2CH3.Mg/c7-6-4-2-1-3-5-6;;;/h1-5H,7H2;2*1H3;. The largest absolute Gasteiger partial charge is 0.399 e. The lowest BCUT2D eigenvalue weighted by Gasteiger charge is -1.83. The van der Waals surface area contributed by atoms with E-state index in [0.717, 1.165) is 5.69 Å². The van der Waals surface area contributed by atoms with Gasteiger partial charge >= 0.3 is 20.4 Å². The van der Waals surface area contributed by atoms with Crippen molar-refractivity contribution in [2.45, 2.75) is 10.1 Å². The molecule has 0 saturated heterocycles. The van der Waals surface area contributed by atoms with Crippen LogP contribution in [0.1, 0.15) is 0 Å². The van der Waals surface area contributed by atoms with Crippen LogP contribution in [0, 0.1) is 0 Å². The molecule has 0 radical (unpaired) electrons. The molecule has 0 heterocycles. The molecule has 0 aromatic heterocycles. The number of nitrogen functional groups attached to an aromatic ring is 1. The summed E-state index contributed by atoms with van der Waals surface area (Å²) in [5, 5.41) is 4.53. The van der Waals surface area contributed by atoms with E-state index in [2.05, 4.69) is 10.1 Å². The highest BCUT2D eigenvalue weighted by Crippen LogP contribution is 1.95. The Hall–Kier alpha value is -0.214. The SMILES string of the molecule is Nc1ccccc1.[CH3][Mg][CH3]. The maximum Gasteiger partial charge on any atom is 0.356 e. The van der Waals surface area contributed by atoms with Crippen molar-refractivity contribution < 1.29 is 0 Å². The molecule has 0 spiro atoms. The van der Waals surface area contributed by atoms with E-state index in [1.54, 1.807) is 0 Å². The number of hydrogen-bond acceptors (Lipinski definition) is 1. The van der Waals surface area contributed by atoms with Crippen molar-refractivity contribution in [3.8, 4) is 0 Å². The lowest BCUT2D eigenvalue weighted by atomic mass is 10.3. The topological polar surface area (TPSA) is 26.0 Å². The summed E-state index contributed by atoms with van der Waals surface area (Å²) in [6, 6.07) is 9.49. The first-order valence-corrected chi connectivity index (χ1v) is 6.44. The van der Waals surface area contributed by atoms with Crippen LogP contribution in [0.15, 0.2) is 30.3 Å². The maximum absolute atomic E-state index is 5.36. The first-order chi connectivity index (χ1) is 4.81. The summed E-state index contributed by atoms with van der Waals surface area (Å²) in [4.78, 5) is 0. The fraction of sp³-hybridized carbons (Fsp3) is 0.250. The fourth-order valence-corrected chi connectivity index (χ4v) is 0.453. The fourth-order valence-electron chi connectivity index (χ4n) is 0.453. The van der Waals surface area contributed by atoms with Gasteiger partial charge in [-0.2, -0.15) is 10.1 Å². The molecule has 1 aromatic rings. The van der Waals surface area contributed by atoms with E-state index in [1.165, 1.54) is 0 Å². The van der Waals surface area contributed by atoms with E-state index >= 15 is 0 Å². The van der Waals surface area contributed by atoms with Crippen molar-refractivity contribution in [2.24, 2.45) is 0 Å². The Labute approximate surface area is 72.3 Å². The minimum absolute atomic E-state index is 0.417. The second kappa shape index (κ2) is 6.90. The lowest BCUT2D eigenvalue weighted by molar-refractivity contribution is 1.69. The number of anilines is 1. The monoisotopic (exact) mass is 147 g/mol. The van der Waals surface area contributed by atoms with Gasteiger partial charge in [0.1, 0.15) is 0 Å². The summed E-state index contributed by atoms with van der Waals surface area (Å²) >= 11 is 0.417. The van der Waals surface area contributed by atoms with Gasteiger partial charge in [0, 0.05) is 5.69 Å². The van der Waals surface area contributed by atoms with Crippen molar-refractivity contribution in [2.75, 3.05) is 5.73 Å². The molecule has 0 aliphatic carbocycles. The van der Waals surface area contributed by atoms with E-state index in [1.807, 2.05) is 30.3 Å². The van der Waals surface area contributed by atoms with Crippen molar-refractivity contribution in [1.82, 2.24) is 0 Å². The van der Waals surface area contributed by atoms with Gasteiger partial charge in [0.2, 0.25) is 0 Å². The number of para-hydroxylation sites is 1. The number of rotatable bonds is 0. The predicted molar refractivity (Wildman–Crippen MR) is 48.3 cm³/mol. The highest BCUT2D eigenvalue weighted by Gasteiger charge is 1.72. The summed E-state index contributed by atoms with van der Waals surface area (Å²) in [5.41, 5.74) is 6.18. The van der Waals surface area contributed by atoms with Crippen LogP contribution in [0.4, 0.5) is 5.69 Å². The summed E-state index contributed by atoms with van der Waals surface area (Å²) in [6.45, 7) is 0. The smallest absolute Gasteiger partial charge is 0.356 e. The van der Waals surface area contributed by atoms with Gasteiger partial charge in [-0.1, -0.05) is 18.2 Å². The van der Waals surface area contributed by atoms with Crippen LogP contribution in [0.3, 0.4) is 0 Å². The summed E-state index contributed by atoms with van der Waals surface area (Å²) in [7, 11) is 0. The highest BCUT2D eigenvalue weighted by atomic mass is 24.5. The van der Waals surface area contributed by atoms with Gasteiger partial charge in [-0.15, -0.1) is 0 Å². The van der Waals surface area contributed by atoms with Gasteiger partial charge < -0.3 is 5.73 Å². The molecule has 0 aliphatic heterocycles. The van der Waals surface area contributed by atoms with Gasteiger partial charge in [-0.25, -0.2) is 0 Å². The van der Waals surface area contributed by atoms with Crippen LogP contribution >= 0.6 is 0 Å². The second-order valence-corrected chi connectivity index (χ2v) is 3.53. The first-order valence-electron chi connectivity index (χ1n) is 3.61. The van der Waals surface area contributed by atoms with E-state index in [-0.39, 0.29) is 0 Å². The molecule has 1 aromatic carbocycles. The molecule has 0 amide bonds. The second-order valence-electron chi connectivity index (χ2n) is 2.12. The third-order valence-electron chi connectivity index (χ3n) is 0.800. The Kier molecular flexibility index (Phi) is 6.75.